The molecular formula is C32H34F3N3O2. The molecule has 0 radical (unpaired) electrons. The maximum absolute atomic E-state index is 13.7. The van der Waals surface area contributed by atoms with E-state index in [0.717, 1.165) is 40.6 Å². The number of halogens is 3. The number of para-hydroxylation sites is 1. The second-order valence-electron chi connectivity index (χ2n) is 9.90. The van der Waals surface area contributed by atoms with E-state index in [-0.39, 0.29) is 24.9 Å². The zero-order chi connectivity index (χ0) is 28.7. The monoisotopic (exact) mass is 549 g/mol. The van der Waals surface area contributed by atoms with E-state index in [1.807, 2.05) is 56.4 Å². The van der Waals surface area contributed by atoms with Crippen molar-refractivity contribution in [2.45, 2.75) is 45.8 Å². The summed E-state index contributed by atoms with van der Waals surface area (Å²) < 4.78 is 39.3. The van der Waals surface area contributed by atoms with Gasteiger partial charge in [0.05, 0.1) is 5.56 Å². The van der Waals surface area contributed by atoms with Gasteiger partial charge < -0.3 is 14.8 Å². The van der Waals surface area contributed by atoms with Crippen LogP contribution in [0.1, 0.15) is 52.9 Å². The number of aryl methyl sites for hydroxylation is 1. The summed E-state index contributed by atoms with van der Waals surface area (Å²) in [7, 11) is 0. The number of nitrogens with zero attached hydrogens (tertiary/aromatic N) is 2. The van der Waals surface area contributed by atoms with Crippen molar-refractivity contribution < 1.29 is 22.8 Å². The molecule has 0 aliphatic carbocycles. The lowest BCUT2D eigenvalue weighted by atomic mass is 10.1. The lowest BCUT2D eigenvalue weighted by Gasteiger charge is -2.28. The molecule has 5 nitrogen and oxygen atoms in total. The number of amides is 2. The Kier molecular flexibility index (Phi) is 9.30. The third-order valence-corrected chi connectivity index (χ3v) is 7.05. The number of fused-ring (bicyclic) bond motifs is 1. The second kappa shape index (κ2) is 12.9. The van der Waals surface area contributed by atoms with E-state index in [1.165, 1.54) is 12.1 Å². The molecule has 0 fully saturated rings. The Bertz CT molecular complexity index is 1430. The molecule has 1 aromatic heterocycles. The minimum Gasteiger partial charge on any atom is -0.361 e. The molecule has 4 aromatic rings. The Labute approximate surface area is 232 Å². The summed E-state index contributed by atoms with van der Waals surface area (Å²) in [6, 6.07) is 20.1. The number of rotatable bonds is 11. The van der Waals surface area contributed by atoms with Crippen molar-refractivity contribution in [1.82, 2.24) is 14.8 Å². The Hall–Kier alpha value is -4.07. The number of nitrogens with one attached hydrogen (secondary N) is 1. The van der Waals surface area contributed by atoms with Crippen molar-refractivity contribution in [2.24, 2.45) is 0 Å². The molecular weight excluding hydrogens is 515 g/mol. The minimum atomic E-state index is -4.43. The van der Waals surface area contributed by atoms with E-state index in [4.69, 9.17) is 0 Å². The summed E-state index contributed by atoms with van der Waals surface area (Å²) >= 11 is 0. The molecule has 210 valence electrons. The van der Waals surface area contributed by atoms with Crippen molar-refractivity contribution in [1.29, 1.82) is 0 Å². The lowest BCUT2D eigenvalue weighted by molar-refractivity contribution is -0.137. The van der Waals surface area contributed by atoms with Crippen LogP contribution in [-0.4, -0.2) is 46.2 Å². The van der Waals surface area contributed by atoms with E-state index < -0.39 is 11.7 Å². The molecule has 4 rings (SSSR count). The molecule has 0 bridgehead atoms. The number of carbonyl (C=O) groups is 2. The molecule has 0 saturated carbocycles. The van der Waals surface area contributed by atoms with Crippen molar-refractivity contribution in [3.63, 3.8) is 0 Å². The number of aromatic nitrogens is 1. The highest BCUT2D eigenvalue weighted by Crippen LogP contribution is 2.29. The summed E-state index contributed by atoms with van der Waals surface area (Å²) in [5, 5.41) is 1.06. The zero-order valence-electron chi connectivity index (χ0n) is 22.8. The molecule has 3 aromatic carbocycles. The van der Waals surface area contributed by atoms with E-state index in [9.17, 15) is 22.8 Å². The molecule has 8 heteroatoms. The Morgan fingerprint density at radius 3 is 2.15 bits per heavy atom. The van der Waals surface area contributed by atoms with Crippen LogP contribution in [0.2, 0.25) is 0 Å². The molecule has 40 heavy (non-hydrogen) atoms. The largest absolute Gasteiger partial charge is 0.416 e. The minimum absolute atomic E-state index is 0.114. The number of hydrogen-bond acceptors (Lipinski definition) is 2. The highest BCUT2D eigenvalue weighted by atomic mass is 19.4. The predicted molar refractivity (Wildman–Crippen MR) is 151 cm³/mol. The fourth-order valence-electron chi connectivity index (χ4n) is 4.76. The molecule has 2 amide bonds. The third kappa shape index (κ3) is 7.11. The molecule has 0 unspecified atom stereocenters. The second-order valence-corrected chi connectivity index (χ2v) is 9.90. The Balaban J connectivity index is 1.54. The SMILES string of the molecule is CCCN(CC(=O)N(CCc1c[nH]c2ccccc12)Cc1ccc(C(F)(F)F)cc1)C(=O)c1ccc(CC)cc1. The van der Waals surface area contributed by atoms with Crippen LogP contribution in [-0.2, 0) is 30.4 Å². The van der Waals surface area contributed by atoms with Crippen LogP contribution in [0.15, 0.2) is 79.0 Å². The average molecular weight is 550 g/mol. The number of H-pyrrole nitrogens is 1. The topological polar surface area (TPSA) is 56.4 Å². The van der Waals surface area contributed by atoms with Gasteiger partial charge in [-0.15, -0.1) is 0 Å². The summed E-state index contributed by atoms with van der Waals surface area (Å²) in [6.07, 6.45) is -0.421. The van der Waals surface area contributed by atoms with Gasteiger partial charge in [0.1, 0.15) is 6.54 Å². The molecule has 1 N–H and O–H groups in total. The molecule has 0 atom stereocenters. The van der Waals surface area contributed by atoms with Gasteiger partial charge in [0.15, 0.2) is 0 Å². The quantitative estimate of drug-likeness (QED) is 0.222. The lowest BCUT2D eigenvalue weighted by Crippen LogP contribution is -2.43. The normalized spacial score (nSPS) is 11.5. The van der Waals surface area contributed by atoms with Gasteiger partial charge in [-0.1, -0.05) is 56.3 Å². The summed E-state index contributed by atoms with van der Waals surface area (Å²) in [6.45, 7) is 4.77. The molecule has 0 aliphatic heterocycles. The van der Waals surface area contributed by atoms with Crippen LogP contribution in [0.4, 0.5) is 13.2 Å². The number of carbonyl (C=O) groups excluding carboxylic acids is 2. The molecule has 0 spiro atoms. The van der Waals surface area contributed by atoms with Crippen LogP contribution in [0, 0.1) is 0 Å². The molecule has 1 heterocycles. The van der Waals surface area contributed by atoms with E-state index in [1.54, 1.807) is 21.9 Å². The fourth-order valence-corrected chi connectivity index (χ4v) is 4.76. The van der Waals surface area contributed by atoms with Gasteiger partial charge in [0.2, 0.25) is 5.91 Å². The Morgan fingerprint density at radius 1 is 0.825 bits per heavy atom. The van der Waals surface area contributed by atoms with Crippen molar-refractivity contribution in [2.75, 3.05) is 19.6 Å². The van der Waals surface area contributed by atoms with Gasteiger partial charge >= 0.3 is 6.18 Å². The summed E-state index contributed by atoms with van der Waals surface area (Å²) in [5.74, 6) is -0.476. The van der Waals surface area contributed by atoms with Crippen molar-refractivity contribution in [3.05, 3.63) is 107 Å². The first kappa shape index (κ1) is 28.9. The molecule has 0 saturated heterocycles. The molecule has 0 aliphatic rings. The first-order valence-electron chi connectivity index (χ1n) is 13.6. The van der Waals surface area contributed by atoms with Gasteiger partial charge in [-0.2, -0.15) is 13.2 Å². The summed E-state index contributed by atoms with van der Waals surface area (Å²) in [4.78, 5) is 33.4. The number of hydrogen-bond donors (Lipinski definition) is 1. The number of aromatic amines is 1. The van der Waals surface area contributed by atoms with Crippen LogP contribution in [0.3, 0.4) is 0 Å². The van der Waals surface area contributed by atoms with Gasteiger partial charge in [0.25, 0.3) is 5.91 Å². The fraction of sp³-hybridized carbons (Fsp3) is 0.312. The predicted octanol–water partition coefficient (Wildman–Crippen LogP) is 6.87. The summed E-state index contributed by atoms with van der Waals surface area (Å²) in [5.41, 5.74) is 3.52. The van der Waals surface area contributed by atoms with Crippen LogP contribution >= 0.6 is 0 Å². The third-order valence-electron chi connectivity index (χ3n) is 7.05. The van der Waals surface area contributed by atoms with E-state index in [0.29, 0.717) is 37.1 Å². The number of alkyl halides is 3. The van der Waals surface area contributed by atoms with Gasteiger partial charge in [-0.25, -0.2) is 0 Å². The van der Waals surface area contributed by atoms with Gasteiger partial charge in [0, 0.05) is 42.3 Å². The van der Waals surface area contributed by atoms with E-state index >= 15 is 0 Å². The maximum atomic E-state index is 13.7. The average Bonchev–Trinajstić information content (AvgIpc) is 3.37. The van der Waals surface area contributed by atoms with Crippen molar-refractivity contribution >= 4 is 22.7 Å². The van der Waals surface area contributed by atoms with Crippen molar-refractivity contribution in [3.8, 4) is 0 Å². The van der Waals surface area contributed by atoms with Gasteiger partial charge in [-0.05, 0) is 66.3 Å². The van der Waals surface area contributed by atoms with Gasteiger partial charge in [-0.3, -0.25) is 9.59 Å². The van der Waals surface area contributed by atoms with Crippen LogP contribution < -0.4 is 0 Å². The van der Waals surface area contributed by atoms with Crippen LogP contribution in [0.5, 0.6) is 0 Å². The maximum Gasteiger partial charge on any atom is 0.416 e. The first-order chi connectivity index (χ1) is 19.2. The first-order valence-corrected chi connectivity index (χ1v) is 13.6. The zero-order valence-corrected chi connectivity index (χ0v) is 22.8. The Morgan fingerprint density at radius 2 is 1.50 bits per heavy atom. The highest BCUT2D eigenvalue weighted by molar-refractivity contribution is 5.96. The standard InChI is InChI=1S/C32H34F3N3O2/c1-3-18-38(31(40)25-13-9-23(4-2)10-14-25)22-30(39)37(21-24-11-15-27(16-12-24)32(33,34)35)19-17-26-20-36-29-8-6-5-7-28(26)29/h5-16,20,36H,3-4,17-19,21-22H2,1-2H3. The van der Waals surface area contributed by atoms with Crippen LogP contribution in [0.25, 0.3) is 10.9 Å². The number of benzene rings is 3. The van der Waals surface area contributed by atoms with E-state index in [2.05, 4.69) is 4.98 Å². The highest BCUT2D eigenvalue weighted by Gasteiger charge is 2.30. The smallest absolute Gasteiger partial charge is 0.361 e.